The summed E-state index contributed by atoms with van der Waals surface area (Å²) in [6.07, 6.45) is 4.02. The van der Waals surface area contributed by atoms with Gasteiger partial charge in [0.2, 0.25) is 0 Å². The Morgan fingerprint density at radius 1 is 1.33 bits per heavy atom. The van der Waals surface area contributed by atoms with Crippen molar-refractivity contribution in [3.63, 3.8) is 0 Å². The number of rotatable bonds is 6. The van der Waals surface area contributed by atoms with Crippen LogP contribution in [0, 0.1) is 18.8 Å². The summed E-state index contributed by atoms with van der Waals surface area (Å²) in [5, 5.41) is 3.47. The van der Waals surface area contributed by atoms with Crippen molar-refractivity contribution in [2.75, 3.05) is 19.6 Å². The summed E-state index contributed by atoms with van der Waals surface area (Å²) in [4.78, 5) is 2.55. The normalized spacial score (nSPS) is 20.9. The van der Waals surface area contributed by atoms with Crippen molar-refractivity contribution in [3.05, 3.63) is 23.2 Å². The number of hydrogen-bond donors (Lipinski definition) is 1. The van der Waals surface area contributed by atoms with E-state index in [9.17, 15) is 0 Å². The molecule has 3 heteroatoms. The Labute approximate surface area is 130 Å². The van der Waals surface area contributed by atoms with E-state index in [2.05, 4.69) is 44.0 Å². The maximum atomic E-state index is 6.06. The van der Waals surface area contributed by atoms with Gasteiger partial charge in [-0.15, -0.1) is 0 Å². The maximum Gasteiger partial charge on any atom is 0.120 e. The third-order valence-corrected chi connectivity index (χ3v) is 4.40. The molecule has 0 aliphatic carbocycles. The zero-order chi connectivity index (χ0) is 15.2. The third-order valence-electron chi connectivity index (χ3n) is 4.40. The van der Waals surface area contributed by atoms with Crippen LogP contribution in [-0.2, 0) is 13.1 Å². The quantitative estimate of drug-likeness (QED) is 0.860. The number of furan rings is 1. The van der Waals surface area contributed by atoms with Gasteiger partial charge in [-0.05, 0) is 69.3 Å². The zero-order valence-electron chi connectivity index (χ0n) is 14.2. The maximum absolute atomic E-state index is 6.06. The molecular formula is C18H32N2O. The summed E-state index contributed by atoms with van der Waals surface area (Å²) < 4.78 is 6.06. The van der Waals surface area contributed by atoms with Gasteiger partial charge in [0.05, 0.1) is 13.1 Å². The van der Waals surface area contributed by atoms with Crippen LogP contribution < -0.4 is 5.32 Å². The molecule has 0 bridgehead atoms. The molecule has 0 aromatic carbocycles. The molecule has 1 fully saturated rings. The molecule has 1 aromatic rings. The van der Waals surface area contributed by atoms with Crippen molar-refractivity contribution < 1.29 is 4.42 Å². The van der Waals surface area contributed by atoms with Gasteiger partial charge in [0.1, 0.15) is 11.5 Å². The second-order valence-electron chi connectivity index (χ2n) is 7.16. The molecule has 1 aliphatic heterocycles. The molecule has 0 saturated carbocycles. The zero-order valence-corrected chi connectivity index (χ0v) is 14.2. The highest BCUT2D eigenvalue weighted by atomic mass is 16.3. The number of likely N-dealkylation sites (tertiary alicyclic amines) is 1. The highest BCUT2D eigenvalue weighted by Crippen LogP contribution is 2.20. The minimum Gasteiger partial charge on any atom is -0.463 e. The first-order valence-electron chi connectivity index (χ1n) is 8.56. The minimum absolute atomic E-state index is 0.679. The van der Waals surface area contributed by atoms with E-state index in [1.165, 1.54) is 37.9 Å². The van der Waals surface area contributed by atoms with Gasteiger partial charge >= 0.3 is 0 Å². The molecule has 0 radical (unpaired) electrons. The summed E-state index contributed by atoms with van der Waals surface area (Å²) in [6.45, 7) is 14.3. The second kappa shape index (κ2) is 8.00. The molecule has 1 atom stereocenters. The van der Waals surface area contributed by atoms with Gasteiger partial charge in [-0.3, -0.25) is 4.90 Å². The van der Waals surface area contributed by atoms with Crippen LogP contribution in [-0.4, -0.2) is 24.5 Å². The monoisotopic (exact) mass is 292 g/mol. The molecule has 1 N–H and O–H groups in total. The lowest BCUT2D eigenvalue weighted by atomic mass is 10.0. The van der Waals surface area contributed by atoms with E-state index >= 15 is 0 Å². The van der Waals surface area contributed by atoms with Crippen LogP contribution in [0.5, 0.6) is 0 Å². The lowest BCUT2D eigenvalue weighted by Gasteiger charge is -2.18. The van der Waals surface area contributed by atoms with Gasteiger partial charge in [-0.1, -0.05) is 20.8 Å². The van der Waals surface area contributed by atoms with E-state index < -0.39 is 0 Å². The Hall–Kier alpha value is -0.800. The van der Waals surface area contributed by atoms with Gasteiger partial charge in [0.25, 0.3) is 0 Å². The molecule has 120 valence electrons. The Bertz CT molecular complexity index is 425. The molecule has 1 aliphatic rings. The second-order valence-corrected chi connectivity index (χ2v) is 7.16. The van der Waals surface area contributed by atoms with Crippen molar-refractivity contribution in [2.45, 2.75) is 60.0 Å². The van der Waals surface area contributed by atoms with Crippen LogP contribution in [0.1, 0.15) is 57.1 Å². The summed E-state index contributed by atoms with van der Waals surface area (Å²) in [5.74, 6) is 3.79. The van der Waals surface area contributed by atoms with Gasteiger partial charge in [-0.25, -0.2) is 0 Å². The van der Waals surface area contributed by atoms with Gasteiger partial charge in [0, 0.05) is 0 Å². The van der Waals surface area contributed by atoms with E-state index in [4.69, 9.17) is 4.42 Å². The molecule has 0 amide bonds. The first kappa shape index (κ1) is 16.6. The fourth-order valence-electron chi connectivity index (χ4n) is 3.02. The number of aryl methyl sites for hydroxylation is 1. The topological polar surface area (TPSA) is 28.4 Å². The summed E-state index contributed by atoms with van der Waals surface area (Å²) >= 11 is 0. The van der Waals surface area contributed by atoms with Crippen molar-refractivity contribution in [1.29, 1.82) is 0 Å². The highest BCUT2D eigenvalue weighted by molar-refractivity contribution is 5.20. The van der Waals surface area contributed by atoms with Crippen LogP contribution in [0.25, 0.3) is 0 Å². The smallest absolute Gasteiger partial charge is 0.120 e. The molecule has 1 saturated heterocycles. The summed E-state index contributed by atoms with van der Waals surface area (Å²) in [5.41, 5.74) is 1.28. The highest BCUT2D eigenvalue weighted by Gasteiger charge is 2.16. The summed E-state index contributed by atoms with van der Waals surface area (Å²) in [6, 6.07) is 2.22. The predicted octanol–water partition coefficient (Wildman–Crippen LogP) is 3.96. The summed E-state index contributed by atoms with van der Waals surface area (Å²) in [7, 11) is 0. The molecule has 3 nitrogen and oxygen atoms in total. The average molecular weight is 292 g/mol. The lowest BCUT2D eigenvalue weighted by Crippen LogP contribution is -2.24. The Morgan fingerprint density at radius 3 is 2.90 bits per heavy atom. The third kappa shape index (κ3) is 5.48. The van der Waals surface area contributed by atoms with E-state index in [0.29, 0.717) is 5.92 Å². The molecule has 2 rings (SSSR count). The fourth-order valence-corrected chi connectivity index (χ4v) is 3.02. The SMILES string of the molecule is Cc1cc(CN2CCCC(C)CC2)oc1CNCC(C)C. The Kier molecular flexibility index (Phi) is 6.31. The lowest BCUT2D eigenvalue weighted by molar-refractivity contribution is 0.247. The number of nitrogens with one attached hydrogen (secondary N) is 1. The number of nitrogens with zero attached hydrogens (tertiary/aromatic N) is 1. The minimum atomic E-state index is 0.679. The predicted molar refractivity (Wildman–Crippen MR) is 88.3 cm³/mol. The van der Waals surface area contributed by atoms with Crippen LogP contribution in [0.4, 0.5) is 0 Å². The van der Waals surface area contributed by atoms with Crippen LogP contribution in [0.15, 0.2) is 10.5 Å². The van der Waals surface area contributed by atoms with Crippen molar-refractivity contribution in [1.82, 2.24) is 10.2 Å². The van der Waals surface area contributed by atoms with Crippen LogP contribution >= 0.6 is 0 Å². The van der Waals surface area contributed by atoms with E-state index in [1.807, 2.05) is 0 Å². The average Bonchev–Trinajstić information content (AvgIpc) is 2.62. The van der Waals surface area contributed by atoms with Crippen LogP contribution in [0.3, 0.4) is 0 Å². The van der Waals surface area contributed by atoms with Gasteiger partial charge in [0.15, 0.2) is 0 Å². The first-order valence-corrected chi connectivity index (χ1v) is 8.56. The Balaban J connectivity index is 1.86. The van der Waals surface area contributed by atoms with Gasteiger partial charge < -0.3 is 9.73 Å². The first-order chi connectivity index (χ1) is 10.0. The van der Waals surface area contributed by atoms with Gasteiger partial charge in [-0.2, -0.15) is 0 Å². The Morgan fingerprint density at radius 2 is 2.14 bits per heavy atom. The fraction of sp³-hybridized carbons (Fsp3) is 0.778. The van der Waals surface area contributed by atoms with Crippen molar-refractivity contribution in [3.8, 4) is 0 Å². The van der Waals surface area contributed by atoms with Crippen LogP contribution in [0.2, 0.25) is 0 Å². The van der Waals surface area contributed by atoms with E-state index in [1.54, 1.807) is 0 Å². The largest absolute Gasteiger partial charge is 0.463 e. The standard InChI is InChI=1S/C18H32N2O/c1-14(2)11-19-12-18-16(4)10-17(21-18)13-20-8-5-6-15(3)7-9-20/h10,14-15,19H,5-9,11-13H2,1-4H3. The molecular weight excluding hydrogens is 260 g/mol. The molecule has 2 heterocycles. The molecule has 0 spiro atoms. The van der Waals surface area contributed by atoms with E-state index in [-0.39, 0.29) is 0 Å². The molecule has 21 heavy (non-hydrogen) atoms. The van der Waals surface area contributed by atoms with E-state index in [0.717, 1.165) is 37.1 Å². The molecule has 1 unspecified atom stereocenters. The molecule has 1 aromatic heterocycles. The number of hydrogen-bond acceptors (Lipinski definition) is 3. The van der Waals surface area contributed by atoms with Crippen molar-refractivity contribution in [2.24, 2.45) is 11.8 Å². The van der Waals surface area contributed by atoms with Crippen molar-refractivity contribution >= 4 is 0 Å².